The van der Waals surface area contributed by atoms with E-state index < -0.39 is 5.41 Å². The monoisotopic (exact) mass is 482 g/mol. The Kier molecular flexibility index (Phi) is 5.69. The van der Waals surface area contributed by atoms with Crippen molar-refractivity contribution in [1.82, 2.24) is 29.1 Å². The van der Waals surface area contributed by atoms with Crippen LogP contribution in [0.15, 0.2) is 122 Å². The molecule has 0 radical (unpaired) electrons. The van der Waals surface area contributed by atoms with Crippen molar-refractivity contribution >= 4 is 0 Å². The fourth-order valence-corrected chi connectivity index (χ4v) is 4.57. The summed E-state index contributed by atoms with van der Waals surface area (Å²) in [5.74, 6) is 1.68. The molecule has 6 heteroatoms. The molecule has 0 aliphatic rings. The second-order valence-electron chi connectivity index (χ2n) is 9.43. The minimum Gasteiger partial charge on any atom is -0.290 e. The van der Waals surface area contributed by atoms with Gasteiger partial charge < -0.3 is 0 Å². The van der Waals surface area contributed by atoms with Gasteiger partial charge in [-0.05, 0) is 49.2 Å². The molecule has 6 rings (SSSR count). The van der Waals surface area contributed by atoms with Crippen molar-refractivity contribution in [2.24, 2.45) is 0 Å². The average molecular weight is 483 g/mol. The first-order valence-corrected chi connectivity index (χ1v) is 12.2. The first-order chi connectivity index (χ1) is 18.1. The summed E-state index contributed by atoms with van der Waals surface area (Å²) >= 11 is 0. The summed E-state index contributed by atoms with van der Waals surface area (Å²) in [4.78, 5) is 18.9. The van der Waals surface area contributed by atoms with Crippen LogP contribution in [0.5, 0.6) is 0 Å². The number of pyridine rings is 2. The number of imidazole rings is 2. The molecule has 0 atom stereocenters. The van der Waals surface area contributed by atoms with E-state index in [0.717, 1.165) is 45.3 Å². The maximum Gasteiger partial charge on any atom is 0.146 e. The first-order valence-electron chi connectivity index (χ1n) is 12.2. The summed E-state index contributed by atoms with van der Waals surface area (Å²) in [5.41, 5.74) is 5.69. The summed E-state index contributed by atoms with van der Waals surface area (Å²) in [5, 5.41) is 0. The van der Waals surface area contributed by atoms with Crippen LogP contribution in [0.1, 0.15) is 25.2 Å². The molecule has 180 valence electrons. The molecule has 2 aromatic carbocycles. The molecule has 6 nitrogen and oxygen atoms in total. The van der Waals surface area contributed by atoms with Crippen LogP contribution in [0.2, 0.25) is 0 Å². The van der Waals surface area contributed by atoms with Crippen LogP contribution in [0.3, 0.4) is 0 Å². The minimum atomic E-state index is -0.463. The third-order valence-electron chi connectivity index (χ3n) is 6.70. The Bertz CT molecular complexity index is 1500. The third kappa shape index (κ3) is 4.23. The molecule has 0 aliphatic carbocycles. The molecule has 0 saturated carbocycles. The summed E-state index contributed by atoms with van der Waals surface area (Å²) in [6.45, 7) is 4.33. The summed E-state index contributed by atoms with van der Waals surface area (Å²) in [6, 6.07) is 29.1. The predicted molar refractivity (Wildman–Crippen MR) is 146 cm³/mol. The lowest BCUT2D eigenvalue weighted by Gasteiger charge is -2.26. The molecule has 0 N–H and O–H groups in total. The van der Waals surface area contributed by atoms with Crippen molar-refractivity contribution in [2.45, 2.75) is 19.3 Å². The van der Waals surface area contributed by atoms with Gasteiger partial charge in [-0.25, -0.2) is 19.9 Å². The van der Waals surface area contributed by atoms with E-state index >= 15 is 0 Å². The van der Waals surface area contributed by atoms with Crippen molar-refractivity contribution in [1.29, 1.82) is 0 Å². The molecule has 37 heavy (non-hydrogen) atoms. The number of hydrogen-bond acceptors (Lipinski definition) is 4. The van der Waals surface area contributed by atoms with Crippen LogP contribution in [0, 0.1) is 0 Å². The molecule has 4 aromatic heterocycles. The van der Waals surface area contributed by atoms with E-state index in [4.69, 9.17) is 9.97 Å². The standard InChI is InChI=1S/C31H26N6/c1-31(2,27-15-13-25(23-9-5-3-6-10-23)29(34-27)36-19-17-32-21-36)28-16-14-26(24-11-7-4-8-12-24)30(35-28)37-20-18-33-22-37/h3-22H,1-2H3. The highest BCUT2D eigenvalue weighted by Crippen LogP contribution is 2.35. The lowest BCUT2D eigenvalue weighted by molar-refractivity contribution is 0.592. The Hall–Kier alpha value is -4.84. The molecule has 0 spiro atoms. The summed E-state index contributed by atoms with van der Waals surface area (Å²) in [6.07, 6.45) is 11.0. The largest absolute Gasteiger partial charge is 0.290 e. The first kappa shape index (κ1) is 22.6. The smallest absolute Gasteiger partial charge is 0.146 e. The number of rotatable bonds is 6. The predicted octanol–water partition coefficient (Wildman–Crippen LogP) is 6.51. The number of hydrogen-bond donors (Lipinski definition) is 0. The maximum atomic E-state index is 5.18. The topological polar surface area (TPSA) is 61.4 Å². The molecule has 0 saturated heterocycles. The van der Waals surface area contributed by atoms with Crippen LogP contribution in [0.4, 0.5) is 0 Å². The Morgan fingerprint density at radius 3 is 1.35 bits per heavy atom. The van der Waals surface area contributed by atoms with Gasteiger partial charge in [0.2, 0.25) is 0 Å². The molecule has 6 aromatic rings. The lowest BCUT2D eigenvalue weighted by Crippen LogP contribution is -2.24. The molecule has 0 fully saturated rings. The van der Waals surface area contributed by atoms with E-state index in [-0.39, 0.29) is 0 Å². The minimum absolute atomic E-state index is 0.463. The molecule has 0 unspecified atom stereocenters. The lowest BCUT2D eigenvalue weighted by atomic mass is 9.83. The van der Waals surface area contributed by atoms with Crippen molar-refractivity contribution in [3.05, 3.63) is 134 Å². The molecule has 0 bridgehead atoms. The van der Waals surface area contributed by atoms with Crippen LogP contribution in [0.25, 0.3) is 33.9 Å². The van der Waals surface area contributed by atoms with Gasteiger partial charge in [0.05, 0.1) is 11.4 Å². The van der Waals surface area contributed by atoms with Crippen LogP contribution >= 0.6 is 0 Å². The van der Waals surface area contributed by atoms with Gasteiger partial charge in [0.1, 0.15) is 24.3 Å². The second kappa shape index (κ2) is 9.32. The highest BCUT2D eigenvalue weighted by molar-refractivity contribution is 5.72. The van der Waals surface area contributed by atoms with Gasteiger partial charge in [0.25, 0.3) is 0 Å². The molecule has 0 amide bonds. The van der Waals surface area contributed by atoms with Gasteiger partial charge in [-0.2, -0.15) is 0 Å². The summed E-state index contributed by atoms with van der Waals surface area (Å²) in [7, 11) is 0. The van der Waals surface area contributed by atoms with Gasteiger partial charge in [-0.3, -0.25) is 9.13 Å². The molecular formula is C31H26N6. The van der Waals surface area contributed by atoms with E-state index in [1.165, 1.54) is 0 Å². The number of aromatic nitrogens is 6. The fourth-order valence-electron chi connectivity index (χ4n) is 4.57. The van der Waals surface area contributed by atoms with Gasteiger partial charge in [0, 0.05) is 41.3 Å². The average Bonchev–Trinajstić information content (AvgIpc) is 3.69. The Balaban J connectivity index is 1.49. The van der Waals surface area contributed by atoms with Gasteiger partial charge in [-0.1, -0.05) is 60.7 Å². The molecular weight excluding hydrogens is 456 g/mol. The van der Waals surface area contributed by atoms with Crippen molar-refractivity contribution in [3.8, 4) is 33.9 Å². The quantitative estimate of drug-likeness (QED) is 0.272. The Labute approximate surface area is 216 Å². The highest BCUT2D eigenvalue weighted by Gasteiger charge is 2.29. The van der Waals surface area contributed by atoms with Gasteiger partial charge >= 0.3 is 0 Å². The maximum absolute atomic E-state index is 5.18. The van der Waals surface area contributed by atoms with Crippen molar-refractivity contribution in [3.63, 3.8) is 0 Å². The van der Waals surface area contributed by atoms with Gasteiger partial charge in [0.15, 0.2) is 0 Å². The molecule has 0 aliphatic heterocycles. The zero-order chi connectivity index (χ0) is 25.2. The Morgan fingerprint density at radius 1 is 0.541 bits per heavy atom. The second-order valence-corrected chi connectivity index (χ2v) is 9.43. The van der Waals surface area contributed by atoms with Gasteiger partial charge in [-0.15, -0.1) is 0 Å². The number of benzene rings is 2. The van der Waals surface area contributed by atoms with E-state index in [2.05, 4.69) is 72.3 Å². The number of nitrogens with zero attached hydrogens (tertiary/aromatic N) is 6. The van der Waals surface area contributed by atoms with Crippen LogP contribution in [-0.2, 0) is 5.41 Å². The van der Waals surface area contributed by atoms with Crippen molar-refractivity contribution < 1.29 is 0 Å². The zero-order valence-corrected chi connectivity index (χ0v) is 20.7. The summed E-state index contributed by atoms with van der Waals surface area (Å²) < 4.78 is 3.93. The van der Waals surface area contributed by atoms with E-state index in [1.54, 1.807) is 25.0 Å². The Morgan fingerprint density at radius 2 is 0.973 bits per heavy atom. The van der Waals surface area contributed by atoms with Crippen LogP contribution in [-0.4, -0.2) is 29.1 Å². The normalized spacial score (nSPS) is 11.5. The zero-order valence-electron chi connectivity index (χ0n) is 20.7. The van der Waals surface area contributed by atoms with Crippen molar-refractivity contribution in [2.75, 3.05) is 0 Å². The SMILES string of the molecule is CC(C)(c1ccc(-c2ccccc2)c(-n2ccnc2)n1)c1ccc(-c2ccccc2)c(-n2ccnc2)n1. The highest BCUT2D eigenvalue weighted by atomic mass is 15.1. The fraction of sp³-hybridized carbons (Fsp3) is 0.0968. The van der Waals surface area contributed by atoms with Crippen LogP contribution < -0.4 is 0 Å². The third-order valence-corrected chi connectivity index (χ3v) is 6.70. The van der Waals surface area contributed by atoms with E-state index in [9.17, 15) is 0 Å². The molecule has 4 heterocycles. The van der Waals surface area contributed by atoms with E-state index in [0.29, 0.717) is 0 Å². The van der Waals surface area contributed by atoms with E-state index in [1.807, 2.05) is 57.9 Å².